The van der Waals surface area contributed by atoms with E-state index in [9.17, 15) is 9.59 Å². The van der Waals surface area contributed by atoms with Gasteiger partial charge in [-0.15, -0.1) is 22.9 Å². The summed E-state index contributed by atoms with van der Waals surface area (Å²) >= 11 is 7.01. The largest absolute Gasteiger partial charge is 0.368 e. The number of carbonyl (C=O) groups is 2. The number of halogens is 1. The summed E-state index contributed by atoms with van der Waals surface area (Å²) in [5, 5.41) is 2.52. The molecule has 17 heavy (non-hydrogen) atoms. The number of amides is 2. The van der Waals surface area contributed by atoms with Crippen LogP contribution in [-0.2, 0) is 21.9 Å². The van der Waals surface area contributed by atoms with Gasteiger partial charge in [-0.25, -0.2) is 4.98 Å². The molecule has 0 fully saturated rings. The molecule has 94 valence electrons. The van der Waals surface area contributed by atoms with Crippen LogP contribution in [0, 0.1) is 0 Å². The van der Waals surface area contributed by atoms with Crippen molar-refractivity contribution in [2.24, 2.45) is 5.73 Å². The molecule has 0 saturated carbocycles. The van der Waals surface area contributed by atoms with Gasteiger partial charge >= 0.3 is 0 Å². The lowest BCUT2D eigenvalue weighted by molar-refractivity contribution is -0.134. The van der Waals surface area contributed by atoms with E-state index in [1.807, 2.05) is 5.38 Å². The Labute approximate surface area is 109 Å². The second kappa shape index (κ2) is 6.56. The Kier molecular flexibility index (Phi) is 5.37. The molecule has 0 aliphatic heterocycles. The fourth-order valence-corrected chi connectivity index (χ4v) is 2.31. The Morgan fingerprint density at radius 2 is 2.29 bits per heavy atom. The number of likely N-dealkylation sites (N-methyl/N-ethyl adjacent to an activating group) is 1. The first-order chi connectivity index (χ1) is 8.06. The van der Waals surface area contributed by atoms with Crippen molar-refractivity contribution in [1.29, 1.82) is 0 Å². The number of primary amides is 1. The first-order valence-electron chi connectivity index (χ1n) is 5.12. The smallest absolute Gasteiger partial charge is 0.237 e. The van der Waals surface area contributed by atoms with Gasteiger partial charge in [-0.2, -0.15) is 0 Å². The minimum absolute atomic E-state index is 0.0525. The minimum Gasteiger partial charge on any atom is -0.368 e. The van der Waals surface area contributed by atoms with Crippen molar-refractivity contribution in [3.05, 3.63) is 16.1 Å². The number of hydrogen-bond donors (Lipinski definition) is 1. The van der Waals surface area contributed by atoms with Crippen molar-refractivity contribution >= 4 is 34.8 Å². The molecule has 0 saturated heterocycles. The van der Waals surface area contributed by atoms with Crippen LogP contribution in [0.5, 0.6) is 0 Å². The molecule has 2 amide bonds. The number of aromatic nitrogens is 1. The Hall–Kier alpha value is -1.14. The van der Waals surface area contributed by atoms with Gasteiger partial charge in [0.05, 0.1) is 24.5 Å². The van der Waals surface area contributed by atoms with E-state index in [0.717, 1.165) is 5.69 Å². The van der Waals surface area contributed by atoms with Gasteiger partial charge in [0.15, 0.2) is 0 Å². The SMILES string of the molecule is CCN(CC(N)=O)C(=O)Cc1nc(CCl)cs1. The predicted molar refractivity (Wildman–Crippen MR) is 66.8 cm³/mol. The van der Waals surface area contributed by atoms with E-state index in [1.54, 1.807) is 6.92 Å². The van der Waals surface area contributed by atoms with E-state index >= 15 is 0 Å². The van der Waals surface area contributed by atoms with Gasteiger partial charge < -0.3 is 10.6 Å². The lowest BCUT2D eigenvalue weighted by Gasteiger charge is -2.18. The molecule has 7 heteroatoms. The quantitative estimate of drug-likeness (QED) is 0.779. The van der Waals surface area contributed by atoms with Crippen LogP contribution in [0.25, 0.3) is 0 Å². The van der Waals surface area contributed by atoms with Gasteiger partial charge in [0.25, 0.3) is 0 Å². The van der Waals surface area contributed by atoms with Crippen molar-refractivity contribution < 1.29 is 9.59 Å². The van der Waals surface area contributed by atoms with Crippen LogP contribution in [0.2, 0.25) is 0 Å². The maximum absolute atomic E-state index is 11.8. The Morgan fingerprint density at radius 3 is 2.76 bits per heavy atom. The lowest BCUT2D eigenvalue weighted by Crippen LogP contribution is -2.39. The number of rotatable bonds is 6. The molecule has 0 atom stereocenters. The van der Waals surface area contributed by atoms with Gasteiger partial charge in [0.2, 0.25) is 11.8 Å². The second-order valence-corrected chi connectivity index (χ2v) is 4.63. The van der Waals surface area contributed by atoms with Crippen molar-refractivity contribution in [3.63, 3.8) is 0 Å². The standard InChI is InChI=1S/C10H14ClN3O2S/c1-2-14(5-8(12)15)10(16)3-9-13-7(4-11)6-17-9/h6H,2-5H2,1H3,(H2,12,15). The van der Waals surface area contributed by atoms with Gasteiger partial charge in [-0.3, -0.25) is 9.59 Å². The summed E-state index contributed by atoms with van der Waals surface area (Å²) in [7, 11) is 0. The second-order valence-electron chi connectivity index (χ2n) is 3.42. The molecular formula is C10H14ClN3O2S. The number of nitrogens with zero attached hydrogens (tertiary/aromatic N) is 2. The molecule has 2 N–H and O–H groups in total. The average Bonchev–Trinajstić information content (AvgIpc) is 2.73. The highest BCUT2D eigenvalue weighted by atomic mass is 35.5. The first-order valence-corrected chi connectivity index (χ1v) is 6.53. The fourth-order valence-electron chi connectivity index (χ4n) is 1.30. The number of carbonyl (C=O) groups excluding carboxylic acids is 2. The molecule has 0 spiro atoms. The summed E-state index contributed by atoms with van der Waals surface area (Å²) < 4.78 is 0. The zero-order valence-corrected chi connectivity index (χ0v) is 11.1. The number of alkyl halides is 1. The number of nitrogens with two attached hydrogens (primary N) is 1. The third-order valence-electron chi connectivity index (χ3n) is 2.12. The molecule has 1 heterocycles. The van der Waals surface area contributed by atoms with E-state index < -0.39 is 5.91 Å². The van der Waals surface area contributed by atoms with Crippen LogP contribution >= 0.6 is 22.9 Å². The summed E-state index contributed by atoms with van der Waals surface area (Å²) in [6.07, 6.45) is 0.183. The van der Waals surface area contributed by atoms with Crippen LogP contribution in [0.3, 0.4) is 0 Å². The summed E-state index contributed by atoms with van der Waals surface area (Å²) in [5.41, 5.74) is 5.82. The van der Waals surface area contributed by atoms with Crippen LogP contribution in [0.1, 0.15) is 17.6 Å². The maximum Gasteiger partial charge on any atom is 0.237 e. The van der Waals surface area contributed by atoms with Gasteiger partial charge in [0, 0.05) is 11.9 Å². The molecule has 0 bridgehead atoms. The van der Waals surface area contributed by atoms with Crippen LogP contribution in [0.4, 0.5) is 0 Å². The predicted octanol–water partition coefficient (Wildman–Crippen LogP) is 0.758. The molecule has 0 aliphatic rings. The van der Waals surface area contributed by atoms with Crippen molar-refractivity contribution in [2.45, 2.75) is 19.2 Å². The highest BCUT2D eigenvalue weighted by molar-refractivity contribution is 7.09. The van der Waals surface area contributed by atoms with Crippen molar-refractivity contribution in [1.82, 2.24) is 9.88 Å². The Bertz CT molecular complexity index is 408. The Balaban J connectivity index is 2.60. The highest BCUT2D eigenvalue weighted by Gasteiger charge is 2.16. The maximum atomic E-state index is 11.8. The normalized spacial score (nSPS) is 10.2. The summed E-state index contributed by atoms with van der Waals surface area (Å²) in [6, 6.07) is 0. The van der Waals surface area contributed by atoms with Gasteiger partial charge in [-0.05, 0) is 6.92 Å². The van der Waals surface area contributed by atoms with E-state index in [4.69, 9.17) is 17.3 Å². The molecule has 0 aliphatic carbocycles. The van der Waals surface area contributed by atoms with E-state index in [-0.39, 0.29) is 18.9 Å². The third-order valence-corrected chi connectivity index (χ3v) is 3.29. The fraction of sp³-hybridized carbons (Fsp3) is 0.500. The summed E-state index contributed by atoms with van der Waals surface area (Å²) in [5.74, 6) is -0.328. The van der Waals surface area contributed by atoms with Crippen LogP contribution in [-0.4, -0.2) is 34.8 Å². The molecule has 5 nitrogen and oxygen atoms in total. The molecule has 1 aromatic heterocycles. The average molecular weight is 276 g/mol. The first kappa shape index (κ1) is 13.9. The highest BCUT2D eigenvalue weighted by Crippen LogP contribution is 2.13. The molecule has 1 aromatic rings. The molecule has 1 rings (SSSR count). The lowest BCUT2D eigenvalue weighted by atomic mass is 10.3. The minimum atomic E-state index is -0.513. The van der Waals surface area contributed by atoms with Crippen molar-refractivity contribution in [2.75, 3.05) is 13.1 Å². The monoisotopic (exact) mass is 275 g/mol. The Morgan fingerprint density at radius 1 is 1.59 bits per heavy atom. The summed E-state index contributed by atoms with van der Waals surface area (Å²) in [6.45, 7) is 2.20. The van der Waals surface area contributed by atoms with Crippen LogP contribution < -0.4 is 5.73 Å². The van der Waals surface area contributed by atoms with E-state index in [2.05, 4.69) is 4.98 Å². The number of thiazole rings is 1. The van der Waals surface area contributed by atoms with Crippen LogP contribution in [0.15, 0.2) is 5.38 Å². The molecule has 0 radical (unpaired) electrons. The van der Waals surface area contributed by atoms with E-state index in [0.29, 0.717) is 17.4 Å². The third kappa shape index (κ3) is 4.32. The van der Waals surface area contributed by atoms with E-state index in [1.165, 1.54) is 16.2 Å². The molecule has 0 aromatic carbocycles. The zero-order valence-electron chi connectivity index (χ0n) is 9.48. The van der Waals surface area contributed by atoms with Crippen molar-refractivity contribution in [3.8, 4) is 0 Å². The summed E-state index contributed by atoms with van der Waals surface area (Å²) in [4.78, 5) is 28.2. The topological polar surface area (TPSA) is 76.3 Å². The zero-order chi connectivity index (χ0) is 12.8. The molecule has 0 unspecified atom stereocenters. The van der Waals surface area contributed by atoms with Gasteiger partial charge in [0.1, 0.15) is 5.01 Å². The van der Waals surface area contributed by atoms with Gasteiger partial charge in [-0.1, -0.05) is 0 Å². The molecular weight excluding hydrogens is 262 g/mol. The number of hydrogen-bond acceptors (Lipinski definition) is 4.